The minimum atomic E-state index is 0.0454. The minimum absolute atomic E-state index is 0.0454. The molecule has 0 fully saturated rings. The molecule has 0 spiro atoms. The Bertz CT molecular complexity index is 522. The van der Waals surface area contributed by atoms with Crippen LogP contribution < -0.4 is 5.32 Å². The van der Waals surface area contributed by atoms with E-state index in [1.165, 1.54) is 5.56 Å². The first kappa shape index (κ1) is 13.3. The molecule has 2 rings (SSSR count). The van der Waals surface area contributed by atoms with Gasteiger partial charge in [-0.05, 0) is 12.0 Å². The summed E-state index contributed by atoms with van der Waals surface area (Å²) in [5.74, 6) is 1.22. The molecule has 5 heteroatoms. The maximum atomic E-state index is 11.6. The number of aryl methyl sites for hydroxylation is 2. The summed E-state index contributed by atoms with van der Waals surface area (Å²) in [6, 6.07) is 9.97. The standard InChI is InChI=1S/C14H17N3O2/c1-11-16-13(17-19-11)9-10-15-14(18)8-7-12-5-3-2-4-6-12/h2-6H,7-10H2,1H3,(H,15,18). The van der Waals surface area contributed by atoms with Gasteiger partial charge >= 0.3 is 0 Å². The number of nitrogens with zero attached hydrogens (tertiary/aromatic N) is 2. The van der Waals surface area contributed by atoms with Gasteiger partial charge in [-0.1, -0.05) is 35.5 Å². The molecule has 0 saturated heterocycles. The zero-order valence-corrected chi connectivity index (χ0v) is 10.9. The lowest BCUT2D eigenvalue weighted by Crippen LogP contribution is -2.26. The molecule has 0 atom stereocenters. The number of hydrogen-bond acceptors (Lipinski definition) is 4. The quantitative estimate of drug-likeness (QED) is 0.856. The van der Waals surface area contributed by atoms with E-state index < -0.39 is 0 Å². The van der Waals surface area contributed by atoms with Gasteiger partial charge in [0.2, 0.25) is 11.8 Å². The maximum absolute atomic E-state index is 11.6. The molecule has 0 aliphatic rings. The number of amides is 1. The molecule has 1 amide bonds. The van der Waals surface area contributed by atoms with E-state index >= 15 is 0 Å². The van der Waals surface area contributed by atoms with Crippen LogP contribution in [-0.2, 0) is 17.6 Å². The Morgan fingerprint density at radius 1 is 1.26 bits per heavy atom. The van der Waals surface area contributed by atoms with Crippen LogP contribution in [0.5, 0.6) is 0 Å². The summed E-state index contributed by atoms with van der Waals surface area (Å²) in [5.41, 5.74) is 1.17. The predicted molar refractivity (Wildman–Crippen MR) is 70.5 cm³/mol. The molecule has 1 N–H and O–H groups in total. The molecule has 2 aromatic rings. The second-order valence-electron chi connectivity index (χ2n) is 4.32. The zero-order chi connectivity index (χ0) is 13.5. The van der Waals surface area contributed by atoms with Crippen LogP contribution in [0.1, 0.15) is 23.7 Å². The lowest BCUT2D eigenvalue weighted by Gasteiger charge is -2.03. The van der Waals surface area contributed by atoms with E-state index in [1.54, 1.807) is 6.92 Å². The normalized spacial score (nSPS) is 10.4. The largest absolute Gasteiger partial charge is 0.356 e. The highest BCUT2D eigenvalue weighted by Gasteiger charge is 2.04. The van der Waals surface area contributed by atoms with Gasteiger partial charge in [0.05, 0.1) is 0 Å². The highest BCUT2D eigenvalue weighted by atomic mass is 16.5. The molecule has 19 heavy (non-hydrogen) atoms. The van der Waals surface area contributed by atoms with Crippen LogP contribution in [0.15, 0.2) is 34.9 Å². The molecule has 0 saturated carbocycles. The number of rotatable bonds is 6. The van der Waals surface area contributed by atoms with Crippen LogP contribution in [-0.4, -0.2) is 22.6 Å². The molecule has 0 bridgehead atoms. The van der Waals surface area contributed by atoms with Crippen molar-refractivity contribution in [2.75, 3.05) is 6.54 Å². The molecule has 0 aliphatic heterocycles. The van der Waals surface area contributed by atoms with Gasteiger partial charge in [0.25, 0.3) is 0 Å². The van der Waals surface area contributed by atoms with E-state index in [9.17, 15) is 4.79 Å². The smallest absolute Gasteiger partial charge is 0.223 e. The van der Waals surface area contributed by atoms with Crippen molar-refractivity contribution < 1.29 is 9.32 Å². The number of hydrogen-bond donors (Lipinski definition) is 1. The van der Waals surface area contributed by atoms with Gasteiger partial charge in [-0.25, -0.2) is 0 Å². The first-order valence-corrected chi connectivity index (χ1v) is 6.34. The van der Waals surface area contributed by atoms with Gasteiger partial charge in [0.15, 0.2) is 5.82 Å². The second kappa shape index (κ2) is 6.68. The maximum Gasteiger partial charge on any atom is 0.223 e. The topological polar surface area (TPSA) is 68.0 Å². The fraction of sp³-hybridized carbons (Fsp3) is 0.357. The van der Waals surface area contributed by atoms with E-state index in [-0.39, 0.29) is 5.91 Å². The van der Waals surface area contributed by atoms with Gasteiger partial charge in [-0.15, -0.1) is 0 Å². The Labute approximate surface area is 112 Å². The van der Waals surface area contributed by atoms with Crippen molar-refractivity contribution in [3.63, 3.8) is 0 Å². The molecular weight excluding hydrogens is 242 g/mol. The first-order chi connectivity index (χ1) is 9.24. The van der Waals surface area contributed by atoms with Crippen LogP contribution in [0.4, 0.5) is 0 Å². The number of nitrogens with one attached hydrogen (secondary N) is 1. The predicted octanol–water partition coefficient (Wildman–Crippen LogP) is 1.67. The summed E-state index contributed by atoms with van der Waals surface area (Å²) in [6.45, 7) is 2.28. The molecule has 5 nitrogen and oxygen atoms in total. The third-order valence-corrected chi connectivity index (χ3v) is 2.72. The van der Waals surface area contributed by atoms with Crippen molar-refractivity contribution in [3.05, 3.63) is 47.6 Å². The SMILES string of the molecule is Cc1nc(CCNC(=O)CCc2ccccc2)no1. The van der Waals surface area contributed by atoms with Crippen LogP contribution in [0.2, 0.25) is 0 Å². The summed E-state index contributed by atoms with van der Waals surface area (Å²) in [5, 5.41) is 6.62. The van der Waals surface area contributed by atoms with E-state index in [0.29, 0.717) is 31.1 Å². The highest BCUT2D eigenvalue weighted by molar-refractivity contribution is 5.76. The first-order valence-electron chi connectivity index (χ1n) is 6.34. The van der Waals surface area contributed by atoms with E-state index in [0.717, 1.165) is 6.42 Å². The van der Waals surface area contributed by atoms with Crippen molar-refractivity contribution in [1.82, 2.24) is 15.5 Å². The molecule has 1 aromatic carbocycles. The molecule has 0 unspecified atom stereocenters. The third kappa shape index (κ3) is 4.54. The van der Waals surface area contributed by atoms with Crippen molar-refractivity contribution in [2.24, 2.45) is 0 Å². The Balaban J connectivity index is 1.65. The second-order valence-corrected chi connectivity index (χ2v) is 4.32. The van der Waals surface area contributed by atoms with Gasteiger partial charge < -0.3 is 9.84 Å². The van der Waals surface area contributed by atoms with Crippen LogP contribution in [0, 0.1) is 6.92 Å². The highest BCUT2D eigenvalue weighted by Crippen LogP contribution is 2.02. The minimum Gasteiger partial charge on any atom is -0.356 e. The summed E-state index contributed by atoms with van der Waals surface area (Å²) >= 11 is 0. The molecular formula is C14H17N3O2. The Hall–Kier alpha value is -2.17. The van der Waals surface area contributed by atoms with Gasteiger partial charge in [-0.2, -0.15) is 4.98 Å². The van der Waals surface area contributed by atoms with Gasteiger partial charge in [-0.3, -0.25) is 4.79 Å². The average molecular weight is 259 g/mol. The zero-order valence-electron chi connectivity index (χ0n) is 10.9. The van der Waals surface area contributed by atoms with E-state index in [2.05, 4.69) is 15.5 Å². The summed E-state index contributed by atoms with van der Waals surface area (Å²) in [4.78, 5) is 15.7. The molecule has 1 heterocycles. The Morgan fingerprint density at radius 3 is 2.74 bits per heavy atom. The lowest BCUT2D eigenvalue weighted by atomic mass is 10.1. The Morgan fingerprint density at radius 2 is 2.05 bits per heavy atom. The number of carbonyl (C=O) groups excluding carboxylic acids is 1. The van der Waals surface area contributed by atoms with Gasteiger partial charge in [0, 0.05) is 26.3 Å². The number of benzene rings is 1. The van der Waals surface area contributed by atoms with Crippen LogP contribution in [0.25, 0.3) is 0 Å². The number of aromatic nitrogens is 2. The van der Waals surface area contributed by atoms with Crippen molar-refractivity contribution >= 4 is 5.91 Å². The summed E-state index contributed by atoms with van der Waals surface area (Å²) < 4.78 is 4.85. The molecule has 100 valence electrons. The monoisotopic (exact) mass is 259 g/mol. The fourth-order valence-electron chi connectivity index (χ4n) is 1.75. The van der Waals surface area contributed by atoms with E-state index in [4.69, 9.17) is 4.52 Å². The molecule has 1 aromatic heterocycles. The van der Waals surface area contributed by atoms with E-state index in [1.807, 2.05) is 30.3 Å². The van der Waals surface area contributed by atoms with Crippen molar-refractivity contribution in [3.8, 4) is 0 Å². The molecule has 0 aliphatic carbocycles. The average Bonchev–Trinajstić information content (AvgIpc) is 2.83. The summed E-state index contributed by atoms with van der Waals surface area (Å²) in [7, 11) is 0. The summed E-state index contributed by atoms with van der Waals surface area (Å²) in [6.07, 6.45) is 1.84. The lowest BCUT2D eigenvalue weighted by molar-refractivity contribution is -0.121. The fourth-order valence-corrected chi connectivity index (χ4v) is 1.75. The van der Waals surface area contributed by atoms with Crippen LogP contribution >= 0.6 is 0 Å². The van der Waals surface area contributed by atoms with Crippen LogP contribution in [0.3, 0.4) is 0 Å². The van der Waals surface area contributed by atoms with Gasteiger partial charge in [0.1, 0.15) is 0 Å². The van der Waals surface area contributed by atoms with Crippen molar-refractivity contribution in [2.45, 2.75) is 26.2 Å². The van der Waals surface area contributed by atoms with Crippen molar-refractivity contribution in [1.29, 1.82) is 0 Å². The third-order valence-electron chi connectivity index (χ3n) is 2.72. The molecule has 0 radical (unpaired) electrons. The number of carbonyl (C=O) groups is 1. The Kier molecular flexibility index (Phi) is 4.66.